The highest BCUT2D eigenvalue weighted by Crippen LogP contribution is 2.32. The number of carbonyl (C=O) groups is 2. The van der Waals surface area contributed by atoms with Crippen molar-refractivity contribution in [1.82, 2.24) is 4.90 Å². The van der Waals surface area contributed by atoms with Crippen LogP contribution in [0.2, 0.25) is 0 Å². The van der Waals surface area contributed by atoms with Gasteiger partial charge in [0.25, 0.3) is 5.91 Å². The molecular formula is C15H20N2O5. The Morgan fingerprint density at radius 1 is 1.32 bits per heavy atom. The molecule has 2 amide bonds. The van der Waals surface area contributed by atoms with Gasteiger partial charge in [0.2, 0.25) is 6.79 Å². The second kappa shape index (κ2) is 6.55. The molecule has 0 bridgehead atoms. The molecule has 7 heteroatoms. The Morgan fingerprint density at radius 2 is 2.00 bits per heavy atom. The Bertz CT molecular complexity index is 575. The van der Waals surface area contributed by atoms with Gasteiger partial charge in [-0.3, -0.25) is 4.79 Å². The lowest BCUT2D eigenvalue weighted by atomic mass is 10.1. The van der Waals surface area contributed by atoms with Crippen LogP contribution in [0, 0.1) is 0 Å². The van der Waals surface area contributed by atoms with Crippen LogP contribution in [0.5, 0.6) is 11.5 Å². The molecule has 2 unspecified atom stereocenters. The van der Waals surface area contributed by atoms with Crippen LogP contribution >= 0.6 is 0 Å². The molecule has 0 spiro atoms. The lowest BCUT2D eigenvalue weighted by Gasteiger charge is -2.27. The molecule has 2 rings (SSSR count). The monoisotopic (exact) mass is 308 g/mol. The van der Waals surface area contributed by atoms with Crippen molar-refractivity contribution in [3.05, 3.63) is 23.8 Å². The first-order valence-electron chi connectivity index (χ1n) is 6.99. The van der Waals surface area contributed by atoms with Crippen LogP contribution < -0.4 is 15.2 Å². The third-order valence-corrected chi connectivity index (χ3v) is 3.62. The van der Waals surface area contributed by atoms with Gasteiger partial charge in [-0.05, 0) is 38.0 Å². The summed E-state index contributed by atoms with van der Waals surface area (Å²) >= 11 is 0. The van der Waals surface area contributed by atoms with Crippen molar-refractivity contribution in [2.45, 2.75) is 32.4 Å². The molecule has 1 aromatic carbocycles. The van der Waals surface area contributed by atoms with Crippen molar-refractivity contribution < 1.29 is 23.8 Å². The standard InChI is InChI=1S/C15H20N2O5/c1-9(17(3)14(18)10(2)22-15(16)19)6-11-4-5-12-13(7-11)21-8-20-12/h4-5,7,9-10H,6,8H2,1-3H3,(H2,16,19). The Morgan fingerprint density at radius 3 is 2.68 bits per heavy atom. The van der Waals surface area contributed by atoms with Gasteiger partial charge < -0.3 is 24.8 Å². The van der Waals surface area contributed by atoms with Gasteiger partial charge in [0.05, 0.1) is 0 Å². The minimum atomic E-state index is -0.960. The number of ether oxygens (including phenoxy) is 3. The van der Waals surface area contributed by atoms with E-state index in [1.54, 1.807) is 7.05 Å². The van der Waals surface area contributed by atoms with Gasteiger partial charge in [-0.1, -0.05) is 6.07 Å². The lowest BCUT2D eigenvalue weighted by molar-refractivity contribution is -0.139. The Hall–Kier alpha value is -2.44. The quantitative estimate of drug-likeness (QED) is 0.885. The van der Waals surface area contributed by atoms with Crippen LogP contribution in [-0.4, -0.2) is 42.9 Å². The van der Waals surface area contributed by atoms with E-state index in [9.17, 15) is 9.59 Å². The van der Waals surface area contributed by atoms with Crippen LogP contribution in [0.3, 0.4) is 0 Å². The summed E-state index contributed by atoms with van der Waals surface area (Å²) in [6.07, 6.45) is -1.22. The number of primary amides is 1. The predicted molar refractivity (Wildman–Crippen MR) is 78.6 cm³/mol. The molecule has 1 aliphatic rings. The van der Waals surface area contributed by atoms with Gasteiger partial charge in [-0.15, -0.1) is 0 Å². The highest BCUT2D eigenvalue weighted by atomic mass is 16.7. The minimum Gasteiger partial charge on any atom is -0.454 e. The number of amides is 2. The van der Waals surface area contributed by atoms with E-state index in [-0.39, 0.29) is 18.7 Å². The molecule has 0 fully saturated rings. The first-order valence-corrected chi connectivity index (χ1v) is 6.99. The molecule has 0 aliphatic carbocycles. The van der Waals surface area contributed by atoms with Crippen LogP contribution in [0.15, 0.2) is 18.2 Å². The van der Waals surface area contributed by atoms with Crippen molar-refractivity contribution >= 4 is 12.0 Å². The van der Waals surface area contributed by atoms with Crippen LogP contribution in [0.4, 0.5) is 4.79 Å². The van der Waals surface area contributed by atoms with Crippen molar-refractivity contribution in [2.24, 2.45) is 5.73 Å². The summed E-state index contributed by atoms with van der Waals surface area (Å²) in [5.41, 5.74) is 5.95. The fourth-order valence-corrected chi connectivity index (χ4v) is 2.27. The van der Waals surface area contributed by atoms with E-state index < -0.39 is 12.2 Å². The number of carbonyl (C=O) groups excluding carboxylic acids is 2. The van der Waals surface area contributed by atoms with Crippen molar-refractivity contribution in [2.75, 3.05) is 13.8 Å². The third kappa shape index (κ3) is 3.60. The lowest BCUT2D eigenvalue weighted by Crippen LogP contribution is -2.43. The summed E-state index contributed by atoms with van der Waals surface area (Å²) in [5, 5.41) is 0. The van der Waals surface area contributed by atoms with Crippen LogP contribution in [-0.2, 0) is 16.0 Å². The zero-order valence-corrected chi connectivity index (χ0v) is 12.9. The van der Waals surface area contributed by atoms with Crippen molar-refractivity contribution in [3.8, 4) is 11.5 Å². The van der Waals surface area contributed by atoms with Crippen LogP contribution in [0.1, 0.15) is 19.4 Å². The topological polar surface area (TPSA) is 91.1 Å². The first kappa shape index (κ1) is 15.9. The fourth-order valence-electron chi connectivity index (χ4n) is 2.27. The summed E-state index contributed by atoms with van der Waals surface area (Å²) in [6, 6.07) is 5.61. The second-order valence-electron chi connectivity index (χ2n) is 5.27. The Balaban J connectivity index is 1.97. The minimum absolute atomic E-state index is 0.0770. The maximum atomic E-state index is 12.1. The molecule has 1 heterocycles. The second-order valence-corrected chi connectivity index (χ2v) is 5.27. The zero-order chi connectivity index (χ0) is 16.3. The van der Waals surface area contributed by atoms with Gasteiger partial charge >= 0.3 is 6.09 Å². The summed E-state index contributed by atoms with van der Waals surface area (Å²) in [4.78, 5) is 24.4. The Kier molecular flexibility index (Phi) is 4.75. The maximum absolute atomic E-state index is 12.1. The number of hydrogen-bond donors (Lipinski definition) is 1. The average Bonchev–Trinajstić information content (AvgIpc) is 2.92. The molecule has 120 valence electrons. The van der Waals surface area contributed by atoms with E-state index in [1.165, 1.54) is 11.8 Å². The van der Waals surface area contributed by atoms with E-state index >= 15 is 0 Å². The molecule has 1 aromatic rings. The van der Waals surface area contributed by atoms with E-state index in [4.69, 9.17) is 19.9 Å². The molecule has 2 atom stereocenters. The molecule has 0 aromatic heterocycles. The van der Waals surface area contributed by atoms with Crippen LogP contribution in [0.25, 0.3) is 0 Å². The summed E-state index contributed by atoms with van der Waals surface area (Å²) in [7, 11) is 1.67. The Labute approximate surface area is 128 Å². The average molecular weight is 308 g/mol. The van der Waals surface area contributed by atoms with Crippen molar-refractivity contribution in [1.29, 1.82) is 0 Å². The highest BCUT2D eigenvalue weighted by molar-refractivity contribution is 5.82. The van der Waals surface area contributed by atoms with E-state index in [1.807, 2.05) is 25.1 Å². The van der Waals surface area contributed by atoms with Gasteiger partial charge in [-0.2, -0.15) is 0 Å². The SMILES string of the molecule is CC(OC(N)=O)C(=O)N(C)C(C)Cc1ccc2c(c1)OCO2. The van der Waals surface area contributed by atoms with Gasteiger partial charge in [0.1, 0.15) is 0 Å². The normalized spacial score (nSPS) is 15.0. The van der Waals surface area contributed by atoms with Gasteiger partial charge in [-0.25, -0.2) is 4.79 Å². The summed E-state index contributed by atoms with van der Waals surface area (Å²) in [5.74, 6) is 1.14. The van der Waals surface area contributed by atoms with E-state index in [2.05, 4.69) is 0 Å². The number of benzene rings is 1. The number of likely N-dealkylation sites (N-methyl/N-ethyl adjacent to an activating group) is 1. The molecule has 0 saturated carbocycles. The number of fused-ring (bicyclic) bond motifs is 1. The highest BCUT2D eigenvalue weighted by Gasteiger charge is 2.24. The maximum Gasteiger partial charge on any atom is 0.405 e. The molecule has 1 aliphatic heterocycles. The van der Waals surface area contributed by atoms with E-state index in [0.29, 0.717) is 12.2 Å². The number of nitrogens with two attached hydrogens (primary N) is 1. The van der Waals surface area contributed by atoms with E-state index in [0.717, 1.165) is 11.3 Å². The fraction of sp³-hybridized carbons (Fsp3) is 0.467. The smallest absolute Gasteiger partial charge is 0.405 e. The number of nitrogens with zero attached hydrogens (tertiary/aromatic N) is 1. The number of rotatable bonds is 5. The largest absolute Gasteiger partial charge is 0.454 e. The predicted octanol–water partition coefficient (Wildman–Crippen LogP) is 1.29. The third-order valence-electron chi connectivity index (χ3n) is 3.62. The van der Waals surface area contributed by atoms with Gasteiger partial charge in [0.15, 0.2) is 17.6 Å². The molecular weight excluding hydrogens is 288 g/mol. The number of hydrogen-bond acceptors (Lipinski definition) is 5. The molecule has 22 heavy (non-hydrogen) atoms. The molecule has 0 saturated heterocycles. The molecule has 7 nitrogen and oxygen atoms in total. The van der Waals surface area contributed by atoms with Crippen molar-refractivity contribution in [3.63, 3.8) is 0 Å². The summed E-state index contributed by atoms with van der Waals surface area (Å²) in [6.45, 7) is 3.64. The molecule has 2 N–H and O–H groups in total. The summed E-state index contributed by atoms with van der Waals surface area (Å²) < 4.78 is 15.3. The molecule has 0 radical (unpaired) electrons. The first-order chi connectivity index (χ1) is 10.4. The van der Waals surface area contributed by atoms with Gasteiger partial charge in [0, 0.05) is 13.1 Å². The zero-order valence-electron chi connectivity index (χ0n) is 12.9.